The van der Waals surface area contributed by atoms with Crippen molar-refractivity contribution in [2.45, 2.75) is 65.3 Å². The molecule has 1 aliphatic heterocycles. The summed E-state index contributed by atoms with van der Waals surface area (Å²) in [7, 11) is 0. The maximum absolute atomic E-state index is 12.8. The van der Waals surface area contributed by atoms with Gasteiger partial charge in [-0.15, -0.1) is 0 Å². The van der Waals surface area contributed by atoms with E-state index in [4.69, 9.17) is 0 Å². The Morgan fingerprint density at radius 3 is 2.48 bits per heavy atom. The van der Waals surface area contributed by atoms with E-state index >= 15 is 0 Å². The molecule has 1 fully saturated rings. The number of rotatable bonds is 7. The SMILES string of the molecule is C[C@H](N(Cc1ccc(NCC2CCCN2C(=O)C(F)(F)F)c([N+](=O)[O-])c1)C(=O)O)C(C)(C)C. The monoisotopic (exact) mass is 474 g/mol. The maximum Gasteiger partial charge on any atom is 0.471 e. The smallest absolute Gasteiger partial charge is 0.465 e. The molecule has 2 rings (SSSR count). The van der Waals surface area contributed by atoms with Gasteiger partial charge in [0.2, 0.25) is 0 Å². The lowest BCUT2D eigenvalue weighted by Gasteiger charge is -2.36. The number of likely N-dealkylation sites (tertiary alicyclic amines) is 1. The molecular weight excluding hydrogens is 445 g/mol. The van der Waals surface area contributed by atoms with E-state index in [9.17, 15) is 38.0 Å². The van der Waals surface area contributed by atoms with Crippen LogP contribution in [0.4, 0.5) is 29.3 Å². The van der Waals surface area contributed by atoms with E-state index in [2.05, 4.69) is 5.32 Å². The van der Waals surface area contributed by atoms with E-state index in [1.807, 2.05) is 20.8 Å². The molecule has 0 aromatic heterocycles. The number of alkyl halides is 3. The van der Waals surface area contributed by atoms with Crippen LogP contribution in [0.25, 0.3) is 0 Å². The Morgan fingerprint density at radius 1 is 1.33 bits per heavy atom. The van der Waals surface area contributed by atoms with E-state index in [-0.39, 0.29) is 42.5 Å². The van der Waals surface area contributed by atoms with E-state index in [0.717, 1.165) is 4.90 Å². The second kappa shape index (κ2) is 9.84. The number of anilines is 1. The highest BCUT2D eigenvalue weighted by molar-refractivity contribution is 5.82. The van der Waals surface area contributed by atoms with Gasteiger partial charge in [0.05, 0.1) is 4.92 Å². The zero-order valence-electron chi connectivity index (χ0n) is 19.0. The quantitative estimate of drug-likeness (QED) is 0.445. The van der Waals surface area contributed by atoms with Gasteiger partial charge in [0.1, 0.15) is 5.69 Å². The molecule has 0 radical (unpaired) electrons. The lowest BCUT2D eigenvalue weighted by Crippen LogP contribution is -2.46. The summed E-state index contributed by atoms with van der Waals surface area (Å²) in [4.78, 5) is 36.3. The zero-order valence-corrected chi connectivity index (χ0v) is 19.0. The van der Waals surface area contributed by atoms with Crippen LogP contribution in [-0.2, 0) is 11.3 Å². The summed E-state index contributed by atoms with van der Waals surface area (Å²) < 4.78 is 38.4. The van der Waals surface area contributed by atoms with Crippen LogP contribution in [0, 0.1) is 15.5 Å². The fourth-order valence-electron chi connectivity index (χ4n) is 3.72. The summed E-state index contributed by atoms with van der Waals surface area (Å²) in [5.74, 6) is -1.92. The minimum Gasteiger partial charge on any atom is -0.465 e. The molecule has 0 saturated carbocycles. The van der Waals surface area contributed by atoms with Crippen LogP contribution in [0.15, 0.2) is 18.2 Å². The number of halogens is 3. The number of carboxylic acid groups (broad SMARTS) is 1. The molecule has 184 valence electrons. The Hall–Kier alpha value is -3.05. The number of amides is 2. The summed E-state index contributed by atoms with van der Waals surface area (Å²) in [5.41, 5.74) is -0.193. The molecule has 1 aliphatic rings. The third-order valence-corrected chi connectivity index (χ3v) is 5.99. The molecule has 0 spiro atoms. The highest BCUT2D eigenvalue weighted by Crippen LogP contribution is 2.31. The summed E-state index contributed by atoms with van der Waals surface area (Å²) in [6, 6.07) is 3.08. The van der Waals surface area contributed by atoms with Gasteiger partial charge >= 0.3 is 18.2 Å². The van der Waals surface area contributed by atoms with Gasteiger partial charge < -0.3 is 20.2 Å². The van der Waals surface area contributed by atoms with Gasteiger partial charge in [-0.2, -0.15) is 13.2 Å². The zero-order chi connectivity index (χ0) is 25.1. The molecule has 2 N–H and O–H groups in total. The number of nitrogens with one attached hydrogen (secondary N) is 1. The molecule has 1 aromatic carbocycles. The third-order valence-electron chi connectivity index (χ3n) is 5.99. The molecule has 12 heteroatoms. The molecule has 2 atom stereocenters. The Morgan fingerprint density at radius 2 is 1.97 bits per heavy atom. The largest absolute Gasteiger partial charge is 0.471 e. The minimum absolute atomic E-state index is 0.0251. The summed E-state index contributed by atoms with van der Waals surface area (Å²) >= 11 is 0. The van der Waals surface area contributed by atoms with Crippen molar-refractivity contribution >= 4 is 23.4 Å². The van der Waals surface area contributed by atoms with Crippen molar-refractivity contribution in [1.82, 2.24) is 9.80 Å². The number of carbonyl (C=O) groups is 2. The van der Waals surface area contributed by atoms with E-state index < -0.39 is 29.1 Å². The number of carbonyl (C=O) groups excluding carboxylic acids is 1. The number of hydrogen-bond donors (Lipinski definition) is 2. The van der Waals surface area contributed by atoms with Crippen LogP contribution in [-0.4, -0.2) is 63.2 Å². The summed E-state index contributed by atoms with van der Waals surface area (Å²) in [5, 5.41) is 24.0. The van der Waals surface area contributed by atoms with Crippen molar-refractivity contribution in [3.8, 4) is 0 Å². The standard InChI is InChI=1S/C21H29F3N4O5/c1-13(20(2,3)4)27(19(30)31)12-14-7-8-16(17(10-14)28(32)33)25-11-15-6-5-9-26(15)18(29)21(22,23)24/h7-8,10,13,15,25H,5-6,9,11-12H2,1-4H3,(H,30,31)/t13-,15?/m0/s1. The van der Waals surface area contributed by atoms with Gasteiger partial charge in [-0.1, -0.05) is 26.8 Å². The highest BCUT2D eigenvalue weighted by atomic mass is 19.4. The molecule has 0 aliphatic carbocycles. The molecule has 0 bridgehead atoms. The lowest BCUT2D eigenvalue weighted by molar-refractivity contribution is -0.384. The number of nitro groups is 1. The van der Waals surface area contributed by atoms with Crippen molar-refractivity contribution in [1.29, 1.82) is 0 Å². The first-order valence-electron chi connectivity index (χ1n) is 10.5. The topological polar surface area (TPSA) is 116 Å². The van der Waals surface area contributed by atoms with Crippen LogP contribution in [0.2, 0.25) is 0 Å². The van der Waals surface area contributed by atoms with Crippen molar-refractivity contribution in [2.75, 3.05) is 18.4 Å². The van der Waals surface area contributed by atoms with Crippen LogP contribution in [0.1, 0.15) is 46.1 Å². The number of benzene rings is 1. The third kappa shape index (κ3) is 6.48. The fraction of sp³-hybridized carbons (Fsp3) is 0.619. The summed E-state index contributed by atoms with van der Waals surface area (Å²) in [6.45, 7) is 7.25. The Labute approximate surface area is 189 Å². The van der Waals surface area contributed by atoms with Gasteiger partial charge in [-0.05, 0) is 36.8 Å². The first kappa shape index (κ1) is 26.2. The predicted octanol–water partition coefficient (Wildman–Crippen LogP) is 4.47. The second-order valence-electron chi connectivity index (χ2n) is 9.23. The van der Waals surface area contributed by atoms with Gasteiger partial charge in [-0.3, -0.25) is 14.9 Å². The average molecular weight is 474 g/mol. The molecular formula is C21H29F3N4O5. The first-order valence-corrected chi connectivity index (χ1v) is 10.5. The van der Waals surface area contributed by atoms with Crippen LogP contribution in [0.3, 0.4) is 0 Å². The van der Waals surface area contributed by atoms with E-state index in [0.29, 0.717) is 18.4 Å². The van der Waals surface area contributed by atoms with Crippen molar-refractivity contribution in [3.63, 3.8) is 0 Å². The maximum atomic E-state index is 12.8. The average Bonchev–Trinajstić information content (AvgIpc) is 3.16. The number of nitro benzene ring substituents is 1. The molecule has 9 nitrogen and oxygen atoms in total. The fourth-order valence-corrected chi connectivity index (χ4v) is 3.72. The molecule has 1 aromatic rings. The normalized spacial score (nSPS) is 17.5. The second-order valence-corrected chi connectivity index (χ2v) is 9.23. The Kier molecular flexibility index (Phi) is 7.81. The molecule has 33 heavy (non-hydrogen) atoms. The summed E-state index contributed by atoms with van der Waals surface area (Å²) in [6.07, 6.45) is -5.38. The van der Waals surface area contributed by atoms with Crippen LogP contribution < -0.4 is 5.32 Å². The predicted molar refractivity (Wildman–Crippen MR) is 115 cm³/mol. The molecule has 2 amide bonds. The van der Waals surface area contributed by atoms with E-state index in [1.54, 1.807) is 6.92 Å². The van der Waals surface area contributed by atoms with Gasteiger partial charge in [-0.25, -0.2) is 4.79 Å². The van der Waals surface area contributed by atoms with Crippen molar-refractivity contribution in [2.24, 2.45) is 5.41 Å². The molecule has 1 saturated heterocycles. The molecule has 1 unspecified atom stereocenters. The minimum atomic E-state index is -4.98. The Bertz CT molecular complexity index is 901. The number of hydrogen-bond acceptors (Lipinski definition) is 5. The Balaban J connectivity index is 2.19. The van der Waals surface area contributed by atoms with Gasteiger partial charge in [0.25, 0.3) is 5.69 Å². The van der Waals surface area contributed by atoms with Gasteiger partial charge in [0.15, 0.2) is 0 Å². The number of nitrogens with zero attached hydrogens (tertiary/aromatic N) is 3. The van der Waals surface area contributed by atoms with Crippen LogP contribution >= 0.6 is 0 Å². The van der Waals surface area contributed by atoms with Crippen molar-refractivity contribution < 1.29 is 32.8 Å². The van der Waals surface area contributed by atoms with Gasteiger partial charge in [0, 0.05) is 37.8 Å². The first-order chi connectivity index (χ1) is 15.1. The van der Waals surface area contributed by atoms with Crippen molar-refractivity contribution in [3.05, 3.63) is 33.9 Å². The highest BCUT2D eigenvalue weighted by Gasteiger charge is 2.46. The van der Waals surface area contributed by atoms with E-state index in [1.165, 1.54) is 23.1 Å². The molecule has 1 heterocycles. The lowest BCUT2D eigenvalue weighted by atomic mass is 9.87. The van der Waals surface area contributed by atoms with Crippen LogP contribution in [0.5, 0.6) is 0 Å².